The van der Waals surface area contributed by atoms with Crippen molar-refractivity contribution in [2.75, 3.05) is 15.6 Å². The van der Waals surface area contributed by atoms with Crippen molar-refractivity contribution in [1.82, 2.24) is 0 Å². The molecule has 1 saturated heterocycles. The fourth-order valence-corrected chi connectivity index (χ4v) is 5.45. The van der Waals surface area contributed by atoms with Crippen molar-refractivity contribution in [2.45, 2.75) is 11.6 Å². The molecule has 1 fully saturated rings. The van der Waals surface area contributed by atoms with Gasteiger partial charge >= 0.3 is 6.18 Å². The predicted molar refractivity (Wildman–Crippen MR) is 142 cm³/mol. The largest absolute Gasteiger partial charge is 0.506 e. The van der Waals surface area contributed by atoms with Crippen molar-refractivity contribution < 1.29 is 27.9 Å². The zero-order chi connectivity index (χ0) is 26.9. The maximum absolute atomic E-state index is 13.6. The molecule has 0 bridgehead atoms. The van der Waals surface area contributed by atoms with Gasteiger partial charge in [0.2, 0.25) is 5.91 Å². The van der Waals surface area contributed by atoms with E-state index >= 15 is 0 Å². The maximum Gasteiger partial charge on any atom is 0.416 e. The number of amides is 2. The Morgan fingerprint density at radius 3 is 2.08 bits per heavy atom. The summed E-state index contributed by atoms with van der Waals surface area (Å²) in [5.41, 5.74) is 1.49. The number of carbonyl (C=O) groups is 2. The molecule has 1 aliphatic heterocycles. The van der Waals surface area contributed by atoms with Crippen LogP contribution in [0.5, 0.6) is 5.75 Å². The summed E-state index contributed by atoms with van der Waals surface area (Å²) in [5.74, 6) is -0.320. The van der Waals surface area contributed by atoms with Crippen LogP contribution in [0.1, 0.15) is 26.9 Å². The molecular formula is C29H21F3N2O3S. The molecule has 1 atom stereocenters. The van der Waals surface area contributed by atoms with Crippen LogP contribution in [0.2, 0.25) is 0 Å². The molecule has 9 heteroatoms. The maximum atomic E-state index is 13.6. The summed E-state index contributed by atoms with van der Waals surface area (Å²) in [6.45, 7) is 0. The van der Waals surface area contributed by atoms with Crippen molar-refractivity contribution in [3.63, 3.8) is 0 Å². The number of aromatic hydroxyl groups is 1. The first-order valence-electron chi connectivity index (χ1n) is 11.6. The molecule has 5 nitrogen and oxygen atoms in total. The van der Waals surface area contributed by atoms with E-state index in [4.69, 9.17) is 0 Å². The van der Waals surface area contributed by atoms with E-state index < -0.39 is 17.6 Å². The van der Waals surface area contributed by atoms with Crippen LogP contribution >= 0.6 is 11.8 Å². The highest BCUT2D eigenvalue weighted by Gasteiger charge is 2.35. The van der Waals surface area contributed by atoms with E-state index in [2.05, 4.69) is 0 Å². The average Bonchev–Trinajstić information content (AvgIpc) is 3.30. The number of phenolic OH excluding ortho intramolecular Hbond substituents is 1. The van der Waals surface area contributed by atoms with Gasteiger partial charge < -0.3 is 5.11 Å². The first-order valence-corrected chi connectivity index (χ1v) is 12.7. The second-order valence-electron chi connectivity index (χ2n) is 8.56. The molecule has 0 radical (unpaired) electrons. The Morgan fingerprint density at radius 1 is 0.842 bits per heavy atom. The Bertz CT molecular complexity index is 1460. The minimum Gasteiger partial charge on any atom is -0.506 e. The van der Waals surface area contributed by atoms with Gasteiger partial charge in [0.1, 0.15) is 11.1 Å². The lowest BCUT2D eigenvalue weighted by Gasteiger charge is -2.26. The van der Waals surface area contributed by atoms with Gasteiger partial charge in [-0.3, -0.25) is 19.4 Å². The van der Waals surface area contributed by atoms with Gasteiger partial charge in [-0.05, 0) is 66.2 Å². The number of benzene rings is 4. The van der Waals surface area contributed by atoms with Crippen molar-refractivity contribution in [1.29, 1.82) is 0 Å². The molecule has 5 rings (SSSR count). The Morgan fingerprint density at radius 2 is 1.45 bits per heavy atom. The number of anilines is 3. The number of nitrogens with zero attached hydrogens (tertiary/aromatic N) is 2. The summed E-state index contributed by atoms with van der Waals surface area (Å²) < 4.78 is 39.3. The fourth-order valence-electron chi connectivity index (χ4n) is 4.28. The topological polar surface area (TPSA) is 60.9 Å². The van der Waals surface area contributed by atoms with Crippen LogP contribution in [0.25, 0.3) is 0 Å². The minimum absolute atomic E-state index is 0.00445. The van der Waals surface area contributed by atoms with Gasteiger partial charge in [0.25, 0.3) is 5.91 Å². The summed E-state index contributed by atoms with van der Waals surface area (Å²) in [4.78, 5) is 29.2. The summed E-state index contributed by atoms with van der Waals surface area (Å²) in [5, 5.41) is 9.91. The van der Waals surface area contributed by atoms with Crippen molar-refractivity contribution in [2.24, 2.45) is 0 Å². The molecule has 0 aliphatic carbocycles. The van der Waals surface area contributed by atoms with Crippen molar-refractivity contribution in [3.8, 4) is 5.75 Å². The molecule has 0 saturated carbocycles. The molecule has 2 amide bonds. The number of hydrogen-bond acceptors (Lipinski definition) is 4. The van der Waals surface area contributed by atoms with Crippen LogP contribution in [0, 0.1) is 0 Å². The van der Waals surface area contributed by atoms with E-state index in [9.17, 15) is 27.9 Å². The average molecular weight is 535 g/mol. The molecule has 1 N–H and O–H groups in total. The molecule has 0 aromatic heterocycles. The molecule has 1 unspecified atom stereocenters. The van der Waals surface area contributed by atoms with Crippen LogP contribution in [0.15, 0.2) is 103 Å². The lowest BCUT2D eigenvalue weighted by molar-refractivity contribution is -0.137. The summed E-state index contributed by atoms with van der Waals surface area (Å²) in [7, 11) is 0. The van der Waals surface area contributed by atoms with Gasteiger partial charge in [0.05, 0.1) is 17.0 Å². The number of alkyl halides is 3. The Labute approximate surface area is 221 Å². The number of hydrogen-bond donors (Lipinski definition) is 1. The number of thioether (sulfide) groups is 1. The lowest BCUT2D eigenvalue weighted by atomic mass is 10.1. The third-order valence-electron chi connectivity index (χ3n) is 6.12. The van der Waals surface area contributed by atoms with E-state index in [1.165, 1.54) is 39.8 Å². The van der Waals surface area contributed by atoms with Gasteiger partial charge in [-0.15, -0.1) is 11.8 Å². The summed E-state index contributed by atoms with van der Waals surface area (Å²) in [6, 6.07) is 26.5. The number of halogens is 3. The van der Waals surface area contributed by atoms with Crippen molar-refractivity contribution >= 4 is 40.6 Å². The third-order valence-corrected chi connectivity index (χ3v) is 7.33. The number of phenols is 1. The van der Waals surface area contributed by atoms with Gasteiger partial charge in [-0.25, -0.2) is 0 Å². The van der Waals surface area contributed by atoms with Crippen LogP contribution in [0.4, 0.5) is 30.2 Å². The molecule has 1 aliphatic rings. The number of rotatable bonds is 5. The Balaban J connectivity index is 1.46. The zero-order valence-corrected chi connectivity index (χ0v) is 20.6. The van der Waals surface area contributed by atoms with Crippen molar-refractivity contribution in [3.05, 3.63) is 120 Å². The third kappa shape index (κ3) is 4.97. The highest BCUT2D eigenvalue weighted by molar-refractivity contribution is 8.00. The van der Waals surface area contributed by atoms with Crippen LogP contribution in [-0.2, 0) is 11.0 Å². The normalized spacial score (nSPS) is 15.5. The van der Waals surface area contributed by atoms with E-state index in [1.54, 1.807) is 72.8 Å². The quantitative estimate of drug-likeness (QED) is 0.295. The molecule has 4 aromatic rings. The van der Waals surface area contributed by atoms with E-state index in [1.807, 2.05) is 0 Å². The number of carbonyl (C=O) groups excluding carboxylic acids is 2. The molecular weight excluding hydrogens is 513 g/mol. The molecule has 192 valence electrons. The van der Waals surface area contributed by atoms with Gasteiger partial charge in [0, 0.05) is 16.9 Å². The SMILES string of the molecule is O=C(c1ccc(C2SCC(=O)N2c2ccccc2O)cc1)N(c1ccccc1)c1ccc(C(F)(F)F)cc1. The lowest BCUT2D eigenvalue weighted by Crippen LogP contribution is -2.28. The standard InChI is InChI=1S/C29H21F3N2O3S/c30-29(31,32)21-14-16-23(17-15-21)33(22-6-2-1-3-7-22)27(37)19-10-12-20(13-11-19)28-34(26(36)18-38-28)24-8-4-5-9-25(24)35/h1-17,28,35H,18H2. The van der Waals surface area contributed by atoms with E-state index in [-0.39, 0.29) is 22.8 Å². The minimum atomic E-state index is -4.49. The molecule has 4 aromatic carbocycles. The van der Waals surface area contributed by atoms with Gasteiger partial charge in [-0.1, -0.05) is 42.5 Å². The predicted octanol–water partition coefficient (Wildman–Crippen LogP) is 7.17. The van der Waals surface area contributed by atoms with Crippen LogP contribution in [0.3, 0.4) is 0 Å². The fraction of sp³-hybridized carbons (Fsp3) is 0.103. The van der Waals surface area contributed by atoms with Gasteiger partial charge in [-0.2, -0.15) is 13.2 Å². The zero-order valence-electron chi connectivity index (χ0n) is 19.8. The Hall–Kier alpha value is -4.24. The monoisotopic (exact) mass is 534 g/mol. The second kappa shape index (κ2) is 10.3. The smallest absolute Gasteiger partial charge is 0.416 e. The first kappa shape index (κ1) is 25.4. The van der Waals surface area contributed by atoms with Crippen LogP contribution < -0.4 is 9.80 Å². The second-order valence-corrected chi connectivity index (χ2v) is 9.63. The highest BCUT2D eigenvalue weighted by Crippen LogP contribution is 2.44. The highest BCUT2D eigenvalue weighted by atomic mass is 32.2. The molecule has 0 spiro atoms. The number of para-hydroxylation sites is 3. The van der Waals surface area contributed by atoms with E-state index in [0.29, 0.717) is 22.6 Å². The van der Waals surface area contributed by atoms with Gasteiger partial charge in [0.15, 0.2) is 0 Å². The Kier molecular flexibility index (Phi) is 6.86. The summed E-state index contributed by atoms with van der Waals surface area (Å²) in [6.07, 6.45) is -4.49. The van der Waals surface area contributed by atoms with Crippen LogP contribution in [-0.4, -0.2) is 22.7 Å². The summed E-state index contributed by atoms with van der Waals surface area (Å²) >= 11 is 1.41. The van der Waals surface area contributed by atoms with E-state index in [0.717, 1.165) is 17.7 Å². The first-order chi connectivity index (χ1) is 18.2. The molecule has 1 heterocycles. The molecule has 38 heavy (non-hydrogen) atoms.